The molecule has 1 aromatic carbocycles. The van der Waals surface area contributed by atoms with Gasteiger partial charge >= 0.3 is 0 Å². The van der Waals surface area contributed by atoms with Gasteiger partial charge in [0.1, 0.15) is 6.04 Å². The van der Waals surface area contributed by atoms with Gasteiger partial charge in [0.25, 0.3) is 0 Å². The van der Waals surface area contributed by atoms with E-state index < -0.39 is 0 Å². The fourth-order valence-electron chi connectivity index (χ4n) is 1.67. The van der Waals surface area contributed by atoms with Crippen molar-refractivity contribution in [3.05, 3.63) is 22.7 Å². The van der Waals surface area contributed by atoms with Crippen LogP contribution >= 0.6 is 15.9 Å². The summed E-state index contributed by atoms with van der Waals surface area (Å²) < 4.78 is 0.794. The molecule has 1 fully saturated rings. The van der Waals surface area contributed by atoms with E-state index >= 15 is 0 Å². The van der Waals surface area contributed by atoms with Crippen LogP contribution in [0.5, 0.6) is 0 Å². The highest BCUT2D eigenvalue weighted by molar-refractivity contribution is 9.10. The second kappa shape index (κ2) is 4.75. The van der Waals surface area contributed by atoms with Crippen LogP contribution in [0.25, 0.3) is 0 Å². The number of rotatable bonds is 2. The topological polar surface area (TPSA) is 84.2 Å². The molecule has 1 heterocycles. The standard InChI is InChI=1S/C11H12BrN3O2/c12-7-5-6(13)1-2-8(7)14-9-3-4-10(16)15-11(9)17/h1-2,5,9,14H,3-4,13H2,(H,15,16,17). The summed E-state index contributed by atoms with van der Waals surface area (Å²) in [5.74, 6) is -0.505. The summed E-state index contributed by atoms with van der Waals surface area (Å²) in [6.45, 7) is 0. The lowest BCUT2D eigenvalue weighted by Gasteiger charge is -2.23. The highest BCUT2D eigenvalue weighted by atomic mass is 79.9. The number of anilines is 2. The molecule has 6 heteroatoms. The van der Waals surface area contributed by atoms with E-state index in [0.29, 0.717) is 18.5 Å². The Balaban J connectivity index is 2.10. The Hall–Kier alpha value is -1.56. The first-order valence-electron chi connectivity index (χ1n) is 5.21. The van der Waals surface area contributed by atoms with Crippen molar-refractivity contribution in [1.29, 1.82) is 0 Å². The number of amides is 2. The number of imide groups is 1. The molecular weight excluding hydrogens is 286 g/mol. The van der Waals surface area contributed by atoms with Gasteiger partial charge in [-0.1, -0.05) is 0 Å². The summed E-state index contributed by atoms with van der Waals surface area (Å²) in [4.78, 5) is 22.6. The van der Waals surface area contributed by atoms with E-state index in [-0.39, 0.29) is 17.9 Å². The smallest absolute Gasteiger partial charge is 0.249 e. The van der Waals surface area contributed by atoms with Crippen LogP contribution in [0.1, 0.15) is 12.8 Å². The molecule has 2 amide bonds. The van der Waals surface area contributed by atoms with Crippen molar-refractivity contribution in [2.45, 2.75) is 18.9 Å². The van der Waals surface area contributed by atoms with E-state index in [9.17, 15) is 9.59 Å². The molecule has 1 aliphatic heterocycles. The van der Waals surface area contributed by atoms with Gasteiger partial charge in [-0.2, -0.15) is 0 Å². The van der Waals surface area contributed by atoms with E-state index in [1.165, 1.54) is 0 Å². The molecule has 90 valence electrons. The van der Waals surface area contributed by atoms with Gasteiger partial charge in [-0.05, 0) is 40.5 Å². The fraction of sp³-hybridized carbons (Fsp3) is 0.273. The van der Waals surface area contributed by atoms with E-state index in [1.54, 1.807) is 18.2 Å². The van der Waals surface area contributed by atoms with Gasteiger partial charge in [0.15, 0.2) is 0 Å². The Morgan fingerprint density at radius 2 is 2.18 bits per heavy atom. The van der Waals surface area contributed by atoms with Crippen LogP contribution in [-0.4, -0.2) is 17.9 Å². The van der Waals surface area contributed by atoms with Crippen LogP contribution in [0.2, 0.25) is 0 Å². The number of carbonyl (C=O) groups is 2. The van der Waals surface area contributed by atoms with Crippen molar-refractivity contribution in [2.75, 3.05) is 11.1 Å². The average molecular weight is 298 g/mol. The maximum absolute atomic E-state index is 11.6. The van der Waals surface area contributed by atoms with Gasteiger partial charge in [0, 0.05) is 22.3 Å². The normalized spacial score (nSPS) is 19.9. The first-order chi connectivity index (χ1) is 8.06. The number of nitrogen functional groups attached to an aromatic ring is 1. The summed E-state index contributed by atoms with van der Waals surface area (Å²) in [6.07, 6.45) is 0.859. The molecule has 0 aliphatic carbocycles. The second-order valence-corrected chi connectivity index (χ2v) is 4.74. The molecule has 1 atom stereocenters. The Bertz CT molecular complexity index is 476. The molecule has 0 saturated carbocycles. The zero-order valence-electron chi connectivity index (χ0n) is 9.00. The van der Waals surface area contributed by atoms with Crippen LogP contribution in [0.3, 0.4) is 0 Å². The van der Waals surface area contributed by atoms with Gasteiger partial charge in [-0.15, -0.1) is 0 Å². The summed E-state index contributed by atoms with van der Waals surface area (Å²) in [6, 6.07) is 4.92. The number of benzene rings is 1. The van der Waals surface area contributed by atoms with Crippen LogP contribution < -0.4 is 16.4 Å². The van der Waals surface area contributed by atoms with Crippen LogP contribution in [0, 0.1) is 0 Å². The SMILES string of the molecule is Nc1ccc(NC2CCC(=O)NC2=O)c(Br)c1. The number of hydrogen-bond donors (Lipinski definition) is 3. The summed E-state index contributed by atoms with van der Waals surface area (Å²) in [5, 5.41) is 5.38. The van der Waals surface area contributed by atoms with Gasteiger partial charge in [-0.3, -0.25) is 14.9 Å². The summed E-state index contributed by atoms with van der Waals surface area (Å²) >= 11 is 3.36. The molecule has 0 radical (unpaired) electrons. The third kappa shape index (κ3) is 2.76. The van der Waals surface area contributed by atoms with Gasteiger partial charge < -0.3 is 11.1 Å². The molecule has 1 saturated heterocycles. The number of nitrogens with two attached hydrogens (primary N) is 1. The molecule has 1 aromatic rings. The minimum atomic E-state index is -0.382. The first kappa shape index (κ1) is 11.9. The number of nitrogens with one attached hydrogen (secondary N) is 2. The van der Waals surface area contributed by atoms with Gasteiger partial charge in [0.2, 0.25) is 11.8 Å². The molecular formula is C11H12BrN3O2. The maximum Gasteiger partial charge on any atom is 0.249 e. The van der Waals surface area contributed by atoms with Crippen LogP contribution in [0.15, 0.2) is 22.7 Å². The van der Waals surface area contributed by atoms with Gasteiger partial charge in [-0.25, -0.2) is 0 Å². The number of piperidine rings is 1. The summed E-state index contributed by atoms with van der Waals surface area (Å²) in [5.41, 5.74) is 7.05. The lowest BCUT2D eigenvalue weighted by molar-refractivity contribution is -0.133. The number of halogens is 1. The predicted molar refractivity (Wildman–Crippen MR) is 68.3 cm³/mol. The second-order valence-electron chi connectivity index (χ2n) is 3.89. The lowest BCUT2D eigenvalue weighted by atomic mass is 10.1. The molecule has 1 unspecified atom stereocenters. The molecule has 2 rings (SSSR count). The Morgan fingerprint density at radius 1 is 1.41 bits per heavy atom. The Kier molecular flexibility index (Phi) is 3.33. The van der Waals surface area contributed by atoms with E-state index in [0.717, 1.165) is 10.2 Å². The highest BCUT2D eigenvalue weighted by Crippen LogP contribution is 2.26. The van der Waals surface area contributed by atoms with Crippen molar-refractivity contribution in [3.63, 3.8) is 0 Å². The average Bonchev–Trinajstić information content (AvgIpc) is 2.25. The zero-order valence-corrected chi connectivity index (χ0v) is 10.6. The van der Waals surface area contributed by atoms with Crippen molar-refractivity contribution in [1.82, 2.24) is 5.32 Å². The predicted octanol–water partition coefficient (Wildman–Crippen LogP) is 1.25. The van der Waals surface area contributed by atoms with E-state index in [2.05, 4.69) is 26.6 Å². The number of hydrogen-bond acceptors (Lipinski definition) is 4. The van der Waals surface area contributed by atoms with E-state index in [1.807, 2.05) is 0 Å². The molecule has 0 bridgehead atoms. The van der Waals surface area contributed by atoms with Crippen molar-refractivity contribution in [2.24, 2.45) is 0 Å². The third-order valence-electron chi connectivity index (χ3n) is 2.56. The minimum absolute atomic E-state index is 0.218. The van der Waals surface area contributed by atoms with Crippen molar-refractivity contribution in [3.8, 4) is 0 Å². The fourth-order valence-corrected chi connectivity index (χ4v) is 2.18. The molecule has 1 aliphatic rings. The summed E-state index contributed by atoms with van der Waals surface area (Å²) in [7, 11) is 0. The van der Waals surface area contributed by atoms with Crippen molar-refractivity contribution >= 4 is 39.1 Å². The molecule has 0 aromatic heterocycles. The highest BCUT2D eigenvalue weighted by Gasteiger charge is 2.26. The maximum atomic E-state index is 11.6. The molecule has 5 nitrogen and oxygen atoms in total. The lowest BCUT2D eigenvalue weighted by Crippen LogP contribution is -2.47. The largest absolute Gasteiger partial charge is 0.399 e. The zero-order chi connectivity index (χ0) is 12.4. The monoisotopic (exact) mass is 297 g/mol. The number of carbonyl (C=O) groups excluding carboxylic acids is 2. The van der Waals surface area contributed by atoms with Gasteiger partial charge in [0.05, 0.1) is 0 Å². The first-order valence-corrected chi connectivity index (χ1v) is 6.01. The minimum Gasteiger partial charge on any atom is -0.399 e. The van der Waals surface area contributed by atoms with Crippen LogP contribution in [-0.2, 0) is 9.59 Å². The van der Waals surface area contributed by atoms with Crippen LogP contribution in [0.4, 0.5) is 11.4 Å². The molecule has 0 spiro atoms. The quantitative estimate of drug-likeness (QED) is 0.567. The molecule has 17 heavy (non-hydrogen) atoms. The van der Waals surface area contributed by atoms with Crippen molar-refractivity contribution < 1.29 is 9.59 Å². The Labute approximate surface area is 107 Å². The third-order valence-corrected chi connectivity index (χ3v) is 3.22. The Morgan fingerprint density at radius 3 is 2.82 bits per heavy atom. The van der Waals surface area contributed by atoms with E-state index in [4.69, 9.17) is 5.73 Å². The molecule has 4 N–H and O–H groups in total.